The molecule has 0 aliphatic carbocycles. The van der Waals surface area contributed by atoms with Crippen LogP contribution in [-0.4, -0.2) is 51.9 Å². The summed E-state index contributed by atoms with van der Waals surface area (Å²) in [5.74, 6) is 0.682. The second-order valence-corrected chi connectivity index (χ2v) is 7.67. The maximum atomic E-state index is 12.8. The second-order valence-electron chi connectivity index (χ2n) is 6.81. The maximum Gasteiger partial charge on any atom is 0.273 e. The van der Waals surface area contributed by atoms with E-state index in [1.165, 1.54) is 16.9 Å². The molecule has 0 unspecified atom stereocenters. The molecule has 1 fully saturated rings. The zero-order valence-electron chi connectivity index (χ0n) is 15.9. The summed E-state index contributed by atoms with van der Waals surface area (Å²) in [5.41, 5.74) is 3.87. The summed E-state index contributed by atoms with van der Waals surface area (Å²) in [7, 11) is 0. The first-order valence-corrected chi connectivity index (χ1v) is 10.1. The zero-order chi connectivity index (χ0) is 19.5. The highest BCUT2D eigenvalue weighted by Gasteiger charge is 2.25. The van der Waals surface area contributed by atoms with Gasteiger partial charge in [0.1, 0.15) is 5.69 Å². The van der Waals surface area contributed by atoms with Crippen LogP contribution in [0, 0.1) is 13.8 Å². The molecule has 1 saturated heterocycles. The van der Waals surface area contributed by atoms with Gasteiger partial charge in [-0.1, -0.05) is 17.7 Å². The van der Waals surface area contributed by atoms with Gasteiger partial charge in [0.25, 0.3) is 5.91 Å². The van der Waals surface area contributed by atoms with Crippen LogP contribution in [0.5, 0.6) is 0 Å². The summed E-state index contributed by atoms with van der Waals surface area (Å²) in [6.45, 7) is 6.83. The lowest BCUT2D eigenvalue weighted by Crippen LogP contribution is -2.49. The lowest BCUT2D eigenvalue weighted by atomic mass is 10.1. The number of piperazine rings is 1. The maximum absolute atomic E-state index is 12.8. The Balaban J connectivity index is 1.38. The average molecular weight is 395 g/mol. The molecule has 0 bridgehead atoms. The van der Waals surface area contributed by atoms with Gasteiger partial charge in [-0.3, -0.25) is 4.79 Å². The van der Waals surface area contributed by atoms with Crippen LogP contribution in [0.1, 0.15) is 21.6 Å². The highest BCUT2D eigenvalue weighted by molar-refractivity contribution is 7.14. The van der Waals surface area contributed by atoms with Crippen molar-refractivity contribution in [3.8, 4) is 0 Å². The normalized spacial score (nSPS) is 14.2. The first-order chi connectivity index (χ1) is 13.6. The topological polar surface area (TPSA) is 74.2 Å². The molecule has 3 aromatic rings. The molecule has 7 nitrogen and oxygen atoms in total. The standard InChI is InChI=1S/C20H22N6OS/c1-14-4-5-16(15(2)12-14)23-20-24-17(13-28-20)18(27)25-8-10-26(11-9-25)19-21-6-3-7-22-19/h3-7,12-13H,8-11H2,1-2H3,(H,23,24). The van der Waals surface area contributed by atoms with Gasteiger partial charge >= 0.3 is 0 Å². The van der Waals surface area contributed by atoms with Gasteiger partial charge in [-0.2, -0.15) is 0 Å². The third-order valence-electron chi connectivity index (χ3n) is 4.75. The summed E-state index contributed by atoms with van der Waals surface area (Å²) in [6.07, 6.45) is 3.47. The van der Waals surface area contributed by atoms with E-state index in [1.54, 1.807) is 18.5 Å². The Bertz CT molecular complexity index is 966. The number of benzene rings is 1. The molecule has 1 aliphatic rings. The smallest absolute Gasteiger partial charge is 0.273 e. The van der Waals surface area contributed by atoms with E-state index in [4.69, 9.17) is 0 Å². The predicted octanol–water partition coefficient (Wildman–Crippen LogP) is 3.26. The second kappa shape index (κ2) is 7.93. The van der Waals surface area contributed by atoms with E-state index in [1.807, 2.05) is 16.3 Å². The van der Waals surface area contributed by atoms with Gasteiger partial charge in [-0.25, -0.2) is 15.0 Å². The van der Waals surface area contributed by atoms with Crippen molar-refractivity contribution in [2.75, 3.05) is 36.4 Å². The van der Waals surface area contributed by atoms with Crippen LogP contribution >= 0.6 is 11.3 Å². The molecule has 1 aliphatic heterocycles. The van der Waals surface area contributed by atoms with Gasteiger partial charge in [0, 0.05) is 49.6 Å². The number of rotatable bonds is 4. The van der Waals surface area contributed by atoms with Crippen molar-refractivity contribution < 1.29 is 4.79 Å². The molecule has 1 aromatic carbocycles. The molecule has 4 rings (SSSR count). The van der Waals surface area contributed by atoms with Crippen molar-refractivity contribution in [2.24, 2.45) is 0 Å². The Morgan fingerprint density at radius 1 is 1.11 bits per heavy atom. The monoisotopic (exact) mass is 394 g/mol. The van der Waals surface area contributed by atoms with E-state index >= 15 is 0 Å². The number of nitrogens with one attached hydrogen (secondary N) is 1. The highest BCUT2D eigenvalue weighted by atomic mass is 32.1. The van der Waals surface area contributed by atoms with Crippen molar-refractivity contribution >= 4 is 34.0 Å². The Morgan fingerprint density at radius 3 is 2.57 bits per heavy atom. The largest absolute Gasteiger partial charge is 0.337 e. The Labute approximate surface area is 168 Å². The first-order valence-electron chi connectivity index (χ1n) is 9.21. The lowest BCUT2D eigenvalue weighted by molar-refractivity contribution is 0.0741. The minimum absolute atomic E-state index is 0.0291. The van der Waals surface area contributed by atoms with Gasteiger partial charge < -0.3 is 15.1 Å². The van der Waals surface area contributed by atoms with E-state index in [2.05, 4.69) is 51.1 Å². The van der Waals surface area contributed by atoms with E-state index in [0.29, 0.717) is 37.8 Å². The number of hydrogen-bond donors (Lipinski definition) is 1. The minimum atomic E-state index is -0.0291. The number of aromatic nitrogens is 3. The van der Waals surface area contributed by atoms with E-state index in [9.17, 15) is 4.79 Å². The summed E-state index contributed by atoms with van der Waals surface area (Å²) in [5, 5.41) is 5.87. The van der Waals surface area contributed by atoms with Crippen LogP contribution in [-0.2, 0) is 0 Å². The molecule has 0 spiro atoms. The first kappa shape index (κ1) is 18.4. The SMILES string of the molecule is Cc1ccc(Nc2nc(C(=O)N3CCN(c4ncccn4)CC3)cs2)c(C)c1. The number of anilines is 3. The van der Waals surface area contributed by atoms with E-state index in [0.717, 1.165) is 16.4 Å². The average Bonchev–Trinajstić information content (AvgIpc) is 3.19. The Kier molecular flexibility index (Phi) is 5.21. The summed E-state index contributed by atoms with van der Waals surface area (Å²) in [6, 6.07) is 8.02. The molecule has 1 amide bonds. The summed E-state index contributed by atoms with van der Waals surface area (Å²) >= 11 is 1.45. The molecule has 28 heavy (non-hydrogen) atoms. The molecule has 1 N–H and O–H groups in total. The third-order valence-corrected chi connectivity index (χ3v) is 5.51. The van der Waals surface area contributed by atoms with E-state index in [-0.39, 0.29) is 5.91 Å². The fourth-order valence-corrected chi connectivity index (χ4v) is 3.92. The summed E-state index contributed by atoms with van der Waals surface area (Å²) < 4.78 is 0. The van der Waals surface area contributed by atoms with Crippen LogP contribution in [0.4, 0.5) is 16.8 Å². The van der Waals surface area contributed by atoms with Crippen molar-refractivity contribution in [3.63, 3.8) is 0 Å². The Hall–Kier alpha value is -3.00. The van der Waals surface area contributed by atoms with Crippen LogP contribution in [0.2, 0.25) is 0 Å². The van der Waals surface area contributed by atoms with Gasteiger partial charge in [-0.15, -0.1) is 11.3 Å². The van der Waals surface area contributed by atoms with Gasteiger partial charge in [0.2, 0.25) is 5.95 Å². The number of thiazole rings is 1. The van der Waals surface area contributed by atoms with Gasteiger partial charge in [-0.05, 0) is 31.5 Å². The highest BCUT2D eigenvalue weighted by Crippen LogP contribution is 2.25. The molecule has 8 heteroatoms. The molecular weight excluding hydrogens is 372 g/mol. The number of carbonyl (C=O) groups is 1. The van der Waals surface area contributed by atoms with E-state index < -0.39 is 0 Å². The van der Waals surface area contributed by atoms with Crippen LogP contribution in [0.3, 0.4) is 0 Å². The molecular formula is C20H22N6OS. The molecule has 0 saturated carbocycles. The van der Waals surface area contributed by atoms with Gasteiger partial charge in [0.05, 0.1) is 0 Å². The van der Waals surface area contributed by atoms with Crippen molar-refractivity contribution in [1.82, 2.24) is 19.9 Å². The predicted molar refractivity (Wildman–Crippen MR) is 111 cm³/mol. The van der Waals surface area contributed by atoms with Crippen LogP contribution in [0.15, 0.2) is 42.0 Å². The third kappa shape index (κ3) is 3.96. The fraction of sp³-hybridized carbons (Fsp3) is 0.300. The Morgan fingerprint density at radius 2 is 1.86 bits per heavy atom. The van der Waals surface area contributed by atoms with Gasteiger partial charge in [0.15, 0.2) is 5.13 Å². The molecule has 0 radical (unpaired) electrons. The number of carbonyl (C=O) groups excluding carboxylic acids is 1. The van der Waals surface area contributed by atoms with Crippen LogP contribution in [0.25, 0.3) is 0 Å². The number of amides is 1. The quantitative estimate of drug-likeness (QED) is 0.732. The fourth-order valence-electron chi connectivity index (χ4n) is 3.22. The molecule has 144 valence electrons. The number of nitrogens with zero attached hydrogens (tertiary/aromatic N) is 5. The van der Waals surface area contributed by atoms with Crippen molar-refractivity contribution in [1.29, 1.82) is 0 Å². The molecule has 0 atom stereocenters. The number of hydrogen-bond acceptors (Lipinski definition) is 7. The summed E-state index contributed by atoms with van der Waals surface area (Å²) in [4.78, 5) is 29.8. The van der Waals surface area contributed by atoms with Crippen molar-refractivity contribution in [2.45, 2.75) is 13.8 Å². The van der Waals surface area contributed by atoms with Crippen LogP contribution < -0.4 is 10.2 Å². The lowest BCUT2D eigenvalue weighted by Gasteiger charge is -2.34. The minimum Gasteiger partial charge on any atom is -0.337 e. The molecule has 2 aromatic heterocycles. The molecule has 3 heterocycles. The zero-order valence-corrected chi connectivity index (χ0v) is 16.7. The number of aryl methyl sites for hydroxylation is 2. The van der Waals surface area contributed by atoms with Crippen molar-refractivity contribution in [3.05, 3.63) is 58.9 Å².